The Hall–Kier alpha value is -1.39. The zero-order chi connectivity index (χ0) is 12.3. The molecule has 0 aliphatic heterocycles. The van der Waals surface area contributed by atoms with Crippen molar-refractivity contribution >= 4 is 5.78 Å². The summed E-state index contributed by atoms with van der Waals surface area (Å²) in [5.41, 5.74) is 0.416. The van der Waals surface area contributed by atoms with Gasteiger partial charge in [0.05, 0.1) is 21.1 Å². The highest BCUT2D eigenvalue weighted by atomic mass is 16.3. The molecule has 2 N–H and O–H groups in total. The van der Waals surface area contributed by atoms with Crippen molar-refractivity contribution in [3.63, 3.8) is 0 Å². The maximum absolute atomic E-state index is 11.8. The first-order chi connectivity index (χ1) is 7.29. The fraction of sp³-hybridized carbons (Fsp3) is 0.417. The minimum Gasteiger partial charge on any atom is -0.508 e. The third-order valence-corrected chi connectivity index (χ3v) is 2.18. The molecule has 0 bridgehead atoms. The van der Waals surface area contributed by atoms with Crippen LogP contribution in [0.3, 0.4) is 0 Å². The number of aromatic hydroxyl groups is 1. The first kappa shape index (κ1) is 12.7. The van der Waals surface area contributed by atoms with Gasteiger partial charge in [0.15, 0.2) is 11.9 Å². The average Bonchev–Trinajstić information content (AvgIpc) is 2.15. The Kier molecular flexibility index (Phi) is 3.67. The van der Waals surface area contributed by atoms with Crippen LogP contribution in [-0.4, -0.2) is 54.3 Å². The molecule has 0 radical (unpaired) electrons. The van der Waals surface area contributed by atoms with E-state index in [9.17, 15) is 9.90 Å². The summed E-state index contributed by atoms with van der Waals surface area (Å²) < 4.78 is 0.519. The standard InChI is InChI=1S/C12H17NO3/c1-13(2,3)8-11(15)12(16)9-4-6-10(14)7-5-9/h4-7,11,15H,8H2,1-3H3/p+1. The maximum Gasteiger partial charge on any atom is 0.197 e. The lowest BCUT2D eigenvalue weighted by molar-refractivity contribution is -0.872. The average molecular weight is 224 g/mol. The number of nitrogens with zero attached hydrogens (tertiary/aromatic N) is 1. The highest BCUT2D eigenvalue weighted by Gasteiger charge is 2.23. The molecule has 4 heteroatoms. The molecular formula is C12H18NO3+. The molecule has 1 aromatic rings. The van der Waals surface area contributed by atoms with E-state index in [2.05, 4.69) is 0 Å². The van der Waals surface area contributed by atoms with E-state index in [1.165, 1.54) is 24.3 Å². The van der Waals surface area contributed by atoms with Crippen molar-refractivity contribution in [3.05, 3.63) is 29.8 Å². The molecule has 1 rings (SSSR count). The summed E-state index contributed by atoms with van der Waals surface area (Å²) >= 11 is 0. The monoisotopic (exact) mass is 224 g/mol. The zero-order valence-electron chi connectivity index (χ0n) is 9.84. The maximum atomic E-state index is 11.8. The van der Waals surface area contributed by atoms with E-state index in [4.69, 9.17) is 5.11 Å². The molecule has 1 aromatic carbocycles. The number of carbonyl (C=O) groups is 1. The van der Waals surface area contributed by atoms with Gasteiger partial charge < -0.3 is 14.7 Å². The minimum absolute atomic E-state index is 0.109. The molecule has 0 aromatic heterocycles. The molecule has 4 nitrogen and oxygen atoms in total. The molecule has 0 heterocycles. The lowest BCUT2D eigenvalue weighted by Gasteiger charge is -2.26. The molecule has 0 aliphatic rings. The van der Waals surface area contributed by atoms with Gasteiger partial charge in [-0.15, -0.1) is 0 Å². The molecule has 0 aliphatic carbocycles. The smallest absolute Gasteiger partial charge is 0.197 e. The first-order valence-corrected chi connectivity index (χ1v) is 5.11. The summed E-state index contributed by atoms with van der Waals surface area (Å²) in [5, 5.41) is 18.8. The number of Topliss-reactive ketones (excluding diaryl/α,β-unsaturated/α-hetero) is 1. The van der Waals surface area contributed by atoms with E-state index >= 15 is 0 Å². The number of ketones is 1. The van der Waals surface area contributed by atoms with Crippen LogP contribution in [0.2, 0.25) is 0 Å². The molecule has 0 amide bonds. The van der Waals surface area contributed by atoms with Crippen molar-refractivity contribution in [1.29, 1.82) is 0 Å². The third kappa shape index (κ3) is 3.64. The Balaban J connectivity index is 2.74. The van der Waals surface area contributed by atoms with Gasteiger partial charge in [0, 0.05) is 5.56 Å². The molecule has 0 saturated carbocycles. The van der Waals surface area contributed by atoms with Gasteiger partial charge in [-0.1, -0.05) is 0 Å². The summed E-state index contributed by atoms with van der Waals surface area (Å²) in [6.45, 7) is 0.361. The van der Waals surface area contributed by atoms with Crippen LogP contribution in [0.4, 0.5) is 0 Å². The number of phenols is 1. The predicted octanol–water partition coefficient (Wildman–Crippen LogP) is 0.642. The summed E-state index contributed by atoms with van der Waals surface area (Å²) in [6.07, 6.45) is -1.01. The van der Waals surface area contributed by atoms with Crippen LogP contribution < -0.4 is 0 Å². The molecule has 16 heavy (non-hydrogen) atoms. The van der Waals surface area contributed by atoms with Crippen molar-refractivity contribution in [1.82, 2.24) is 0 Å². The predicted molar refractivity (Wildman–Crippen MR) is 61.3 cm³/mol. The quantitative estimate of drug-likeness (QED) is 0.583. The van der Waals surface area contributed by atoms with E-state index in [1.54, 1.807) is 0 Å². The van der Waals surface area contributed by atoms with Gasteiger partial charge in [0.2, 0.25) is 0 Å². The summed E-state index contributed by atoms with van der Waals surface area (Å²) in [5.74, 6) is -0.203. The van der Waals surface area contributed by atoms with Crippen LogP contribution in [0.1, 0.15) is 10.4 Å². The van der Waals surface area contributed by atoms with Gasteiger partial charge in [-0.05, 0) is 24.3 Å². The zero-order valence-corrected chi connectivity index (χ0v) is 9.84. The molecular weight excluding hydrogens is 206 g/mol. The highest BCUT2D eigenvalue weighted by molar-refractivity contribution is 5.99. The fourth-order valence-corrected chi connectivity index (χ4v) is 1.42. The van der Waals surface area contributed by atoms with Crippen molar-refractivity contribution in [3.8, 4) is 5.75 Å². The highest BCUT2D eigenvalue weighted by Crippen LogP contribution is 2.12. The second kappa shape index (κ2) is 4.63. The Bertz CT molecular complexity index is 365. The van der Waals surface area contributed by atoms with Crippen molar-refractivity contribution in [2.24, 2.45) is 0 Å². The number of hydrogen-bond acceptors (Lipinski definition) is 3. The molecule has 0 spiro atoms. The number of rotatable bonds is 4. The van der Waals surface area contributed by atoms with Crippen LogP contribution >= 0.6 is 0 Å². The minimum atomic E-state index is -1.01. The first-order valence-electron chi connectivity index (χ1n) is 5.11. The van der Waals surface area contributed by atoms with Crippen LogP contribution in [0.25, 0.3) is 0 Å². The SMILES string of the molecule is C[N+](C)(C)CC(O)C(=O)c1ccc(O)cc1. The molecule has 1 atom stereocenters. The van der Waals surface area contributed by atoms with Crippen molar-refractivity contribution in [2.45, 2.75) is 6.10 Å². The second-order valence-corrected chi connectivity index (χ2v) is 4.90. The number of likely N-dealkylation sites (N-methyl/N-ethyl adjacent to an activating group) is 1. The largest absolute Gasteiger partial charge is 0.508 e. The van der Waals surface area contributed by atoms with Gasteiger partial charge in [-0.2, -0.15) is 0 Å². The van der Waals surface area contributed by atoms with Crippen LogP contribution in [-0.2, 0) is 0 Å². The number of carbonyl (C=O) groups excluding carboxylic acids is 1. The van der Waals surface area contributed by atoms with E-state index in [0.29, 0.717) is 16.6 Å². The number of aliphatic hydroxyl groups excluding tert-OH is 1. The topological polar surface area (TPSA) is 57.5 Å². The van der Waals surface area contributed by atoms with Gasteiger partial charge >= 0.3 is 0 Å². The van der Waals surface area contributed by atoms with Gasteiger partial charge in [0.1, 0.15) is 12.3 Å². The Labute approximate surface area is 95.3 Å². The van der Waals surface area contributed by atoms with Crippen LogP contribution in [0, 0.1) is 0 Å². The Morgan fingerprint density at radius 3 is 2.19 bits per heavy atom. The third-order valence-electron chi connectivity index (χ3n) is 2.18. The van der Waals surface area contributed by atoms with E-state index in [-0.39, 0.29) is 11.5 Å². The van der Waals surface area contributed by atoms with E-state index in [0.717, 1.165) is 0 Å². The van der Waals surface area contributed by atoms with Crippen molar-refractivity contribution < 1.29 is 19.5 Å². The second-order valence-electron chi connectivity index (χ2n) is 4.90. The number of aliphatic hydroxyl groups is 1. The Morgan fingerprint density at radius 2 is 1.75 bits per heavy atom. The van der Waals surface area contributed by atoms with Gasteiger partial charge in [0.25, 0.3) is 0 Å². The van der Waals surface area contributed by atoms with Gasteiger partial charge in [-0.3, -0.25) is 4.79 Å². The van der Waals surface area contributed by atoms with Crippen LogP contribution in [0.15, 0.2) is 24.3 Å². The normalized spacial score (nSPS) is 13.5. The summed E-state index contributed by atoms with van der Waals surface area (Å²) in [7, 11) is 5.73. The Morgan fingerprint density at radius 1 is 1.25 bits per heavy atom. The number of phenolic OH excluding ortho intramolecular Hbond substituents is 1. The lowest BCUT2D eigenvalue weighted by atomic mass is 10.1. The van der Waals surface area contributed by atoms with Crippen molar-refractivity contribution in [2.75, 3.05) is 27.7 Å². The van der Waals surface area contributed by atoms with E-state index < -0.39 is 6.10 Å². The fourth-order valence-electron chi connectivity index (χ4n) is 1.42. The lowest BCUT2D eigenvalue weighted by Crippen LogP contribution is -2.44. The summed E-state index contributed by atoms with van der Waals surface area (Å²) in [6, 6.07) is 5.89. The molecule has 0 saturated heterocycles. The van der Waals surface area contributed by atoms with Crippen LogP contribution in [0.5, 0.6) is 5.75 Å². The number of quaternary nitrogens is 1. The molecule has 0 fully saturated rings. The molecule has 1 unspecified atom stereocenters. The number of hydrogen-bond donors (Lipinski definition) is 2. The summed E-state index contributed by atoms with van der Waals surface area (Å²) in [4.78, 5) is 11.8. The van der Waals surface area contributed by atoms with Gasteiger partial charge in [-0.25, -0.2) is 0 Å². The van der Waals surface area contributed by atoms with E-state index in [1.807, 2.05) is 21.1 Å². The molecule has 88 valence electrons. The number of benzene rings is 1.